The molecular weight excluding hydrogens is 290 g/mol. The Morgan fingerprint density at radius 2 is 1.33 bits per heavy atom. The maximum Gasteiger partial charge on any atom is 0.0541 e. The Hall–Kier alpha value is -2.54. The summed E-state index contributed by atoms with van der Waals surface area (Å²) in [7, 11) is 0. The minimum absolute atomic E-state index is 0.563. The van der Waals surface area contributed by atoms with E-state index in [2.05, 4.69) is 98.1 Å². The molecule has 0 spiro atoms. The molecule has 0 aliphatic heterocycles. The average molecular weight is 313 g/mol. The van der Waals surface area contributed by atoms with Gasteiger partial charge in [-0.1, -0.05) is 63.2 Å². The van der Waals surface area contributed by atoms with Crippen LogP contribution in [0, 0.1) is 5.92 Å². The third-order valence-corrected chi connectivity index (χ3v) is 5.24. The van der Waals surface area contributed by atoms with Crippen LogP contribution >= 0.6 is 0 Å². The van der Waals surface area contributed by atoms with Crippen molar-refractivity contribution in [2.24, 2.45) is 5.92 Å². The Morgan fingerprint density at radius 3 is 2.08 bits per heavy atom. The highest BCUT2D eigenvalue weighted by Gasteiger charge is 2.15. The molecule has 1 unspecified atom stereocenters. The van der Waals surface area contributed by atoms with E-state index in [1.165, 1.54) is 33.1 Å². The van der Waals surface area contributed by atoms with E-state index in [1.54, 1.807) is 0 Å². The molecule has 0 amide bonds. The molecule has 1 heteroatoms. The van der Waals surface area contributed by atoms with Crippen LogP contribution < -0.4 is 0 Å². The van der Waals surface area contributed by atoms with E-state index >= 15 is 0 Å². The monoisotopic (exact) mass is 313 g/mol. The van der Waals surface area contributed by atoms with Crippen LogP contribution in [-0.2, 0) is 0 Å². The van der Waals surface area contributed by atoms with Gasteiger partial charge >= 0.3 is 0 Å². The van der Waals surface area contributed by atoms with E-state index < -0.39 is 0 Å². The van der Waals surface area contributed by atoms with Crippen molar-refractivity contribution in [1.82, 2.24) is 4.57 Å². The van der Waals surface area contributed by atoms with Crippen LogP contribution in [0.25, 0.3) is 27.5 Å². The number of fused-ring (bicyclic) bond motifs is 3. The van der Waals surface area contributed by atoms with Gasteiger partial charge in [0.05, 0.1) is 11.0 Å². The number of hydrogen-bond acceptors (Lipinski definition) is 0. The third-order valence-electron chi connectivity index (χ3n) is 5.24. The molecule has 0 saturated carbocycles. The predicted octanol–water partition coefficient (Wildman–Crippen LogP) is 6.54. The van der Waals surface area contributed by atoms with Gasteiger partial charge in [-0.2, -0.15) is 0 Å². The highest BCUT2D eigenvalue weighted by atomic mass is 15.0. The van der Waals surface area contributed by atoms with Gasteiger partial charge in [-0.3, -0.25) is 0 Å². The zero-order valence-corrected chi connectivity index (χ0v) is 14.5. The van der Waals surface area contributed by atoms with Crippen molar-refractivity contribution in [2.45, 2.75) is 26.7 Å². The first-order valence-corrected chi connectivity index (χ1v) is 8.75. The number of hydrogen-bond donors (Lipinski definition) is 0. The second kappa shape index (κ2) is 5.83. The Bertz CT molecular complexity index is 993. The zero-order valence-electron chi connectivity index (χ0n) is 14.5. The summed E-state index contributed by atoms with van der Waals surface area (Å²) < 4.78 is 2.37. The molecule has 24 heavy (non-hydrogen) atoms. The maximum absolute atomic E-state index is 2.39. The van der Waals surface area contributed by atoms with Crippen LogP contribution in [-0.4, -0.2) is 4.57 Å². The Labute approximate surface area is 143 Å². The summed E-state index contributed by atoms with van der Waals surface area (Å²) in [5, 5.41) is 2.67. The summed E-state index contributed by atoms with van der Waals surface area (Å²) in [4.78, 5) is 0. The Balaban J connectivity index is 2.05. The molecule has 0 bridgehead atoms. The van der Waals surface area contributed by atoms with Crippen molar-refractivity contribution < 1.29 is 0 Å². The van der Waals surface area contributed by atoms with Gasteiger partial charge in [-0.15, -0.1) is 0 Å². The smallest absolute Gasteiger partial charge is 0.0541 e. The van der Waals surface area contributed by atoms with E-state index in [4.69, 9.17) is 0 Å². The lowest BCUT2D eigenvalue weighted by molar-refractivity contribution is 0.535. The van der Waals surface area contributed by atoms with E-state index in [0.29, 0.717) is 11.8 Å². The molecule has 1 nitrogen and oxygen atoms in total. The minimum Gasteiger partial charge on any atom is -0.309 e. The van der Waals surface area contributed by atoms with E-state index in [-0.39, 0.29) is 0 Å². The zero-order chi connectivity index (χ0) is 16.7. The molecular formula is C23H23N. The van der Waals surface area contributed by atoms with Gasteiger partial charge in [0.15, 0.2) is 0 Å². The van der Waals surface area contributed by atoms with Crippen molar-refractivity contribution in [1.29, 1.82) is 0 Å². The summed E-state index contributed by atoms with van der Waals surface area (Å²) in [5.74, 6) is 1.21. The van der Waals surface area contributed by atoms with Crippen molar-refractivity contribution >= 4 is 21.8 Å². The molecule has 0 aliphatic rings. The third kappa shape index (κ3) is 2.32. The number of aromatic nitrogens is 1. The molecule has 1 atom stereocenters. The SMILES string of the molecule is CC(C)C(C)c1ccc2c(c1)c1ccccc1n2-c1ccccc1. The number of para-hydroxylation sites is 2. The summed E-state index contributed by atoms with van der Waals surface area (Å²) in [6, 6.07) is 26.3. The summed E-state index contributed by atoms with van der Waals surface area (Å²) in [6.45, 7) is 6.91. The molecule has 0 radical (unpaired) electrons. The summed E-state index contributed by atoms with van der Waals surface area (Å²) >= 11 is 0. The number of nitrogens with zero attached hydrogens (tertiary/aromatic N) is 1. The summed E-state index contributed by atoms with van der Waals surface area (Å²) in [6.07, 6.45) is 0. The normalized spacial score (nSPS) is 13.0. The van der Waals surface area contributed by atoms with Gasteiger partial charge in [-0.05, 0) is 47.7 Å². The van der Waals surface area contributed by atoms with Gasteiger partial charge in [0, 0.05) is 16.5 Å². The fourth-order valence-corrected chi connectivity index (χ4v) is 3.51. The molecule has 0 saturated heterocycles. The first-order valence-electron chi connectivity index (χ1n) is 8.75. The Kier molecular flexibility index (Phi) is 3.65. The van der Waals surface area contributed by atoms with E-state index in [0.717, 1.165) is 0 Å². The molecule has 1 aromatic heterocycles. The van der Waals surface area contributed by atoms with Crippen LogP contribution in [0.2, 0.25) is 0 Å². The van der Waals surface area contributed by atoms with Crippen molar-refractivity contribution in [3.63, 3.8) is 0 Å². The van der Waals surface area contributed by atoms with E-state index in [1.807, 2.05) is 0 Å². The molecule has 0 aliphatic carbocycles. The highest BCUT2D eigenvalue weighted by molar-refractivity contribution is 6.09. The molecule has 0 N–H and O–H groups in total. The lowest BCUT2D eigenvalue weighted by atomic mass is 9.89. The van der Waals surface area contributed by atoms with Crippen LogP contribution in [0.3, 0.4) is 0 Å². The first-order chi connectivity index (χ1) is 11.7. The fourth-order valence-electron chi connectivity index (χ4n) is 3.51. The quantitative estimate of drug-likeness (QED) is 0.404. The number of benzene rings is 3. The van der Waals surface area contributed by atoms with Gasteiger partial charge in [0.2, 0.25) is 0 Å². The number of rotatable bonds is 3. The van der Waals surface area contributed by atoms with Crippen LogP contribution in [0.1, 0.15) is 32.3 Å². The topological polar surface area (TPSA) is 4.93 Å². The fraction of sp³-hybridized carbons (Fsp3) is 0.217. The van der Waals surface area contributed by atoms with Gasteiger partial charge in [-0.25, -0.2) is 0 Å². The standard InChI is InChI=1S/C23H23N/c1-16(2)17(3)18-13-14-23-21(15-18)20-11-7-8-12-22(20)24(23)19-9-5-4-6-10-19/h4-17H,1-3H3. The lowest BCUT2D eigenvalue weighted by Crippen LogP contribution is -2.01. The van der Waals surface area contributed by atoms with Crippen LogP contribution in [0.15, 0.2) is 72.8 Å². The first kappa shape index (κ1) is 15.0. The second-order valence-corrected chi connectivity index (χ2v) is 7.00. The second-order valence-electron chi connectivity index (χ2n) is 7.00. The predicted molar refractivity (Wildman–Crippen MR) is 104 cm³/mol. The van der Waals surface area contributed by atoms with Crippen molar-refractivity contribution in [3.05, 3.63) is 78.4 Å². The van der Waals surface area contributed by atoms with Crippen LogP contribution in [0.5, 0.6) is 0 Å². The maximum atomic E-state index is 2.39. The van der Waals surface area contributed by atoms with Crippen LogP contribution in [0.4, 0.5) is 0 Å². The van der Waals surface area contributed by atoms with Crippen molar-refractivity contribution in [2.75, 3.05) is 0 Å². The highest BCUT2D eigenvalue weighted by Crippen LogP contribution is 2.34. The molecule has 4 rings (SSSR count). The lowest BCUT2D eigenvalue weighted by Gasteiger charge is -2.16. The summed E-state index contributed by atoms with van der Waals surface area (Å²) in [5.41, 5.74) is 5.19. The molecule has 0 fully saturated rings. The molecule has 3 aromatic carbocycles. The average Bonchev–Trinajstić information content (AvgIpc) is 2.95. The van der Waals surface area contributed by atoms with Crippen molar-refractivity contribution in [3.8, 4) is 5.69 Å². The van der Waals surface area contributed by atoms with Gasteiger partial charge < -0.3 is 4.57 Å². The molecule has 1 heterocycles. The van der Waals surface area contributed by atoms with E-state index in [9.17, 15) is 0 Å². The van der Waals surface area contributed by atoms with Gasteiger partial charge in [0.1, 0.15) is 0 Å². The van der Waals surface area contributed by atoms with Gasteiger partial charge in [0.25, 0.3) is 0 Å². The minimum atomic E-state index is 0.563. The largest absolute Gasteiger partial charge is 0.309 e. The molecule has 4 aromatic rings. The molecule has 120 valence electrons. The Morgan fingerprint density at radius 1 is 0.667 bits per heavy atom.